The monoisotopic (exact) mass is 404 g/mol. The molecule has 6 nitrogen and oxygen atoms in total. The Bertz CT molecular complexity index is 1230. The zero-order valence-electron chi connectivity index (χ0n) is 15.6. The maximum Gasteiger partial charge on any atom is 0.259 e. The zero-order chi connectivity index (χ0) is 20.5. The number of aromatic nitrogens is 2. The van der Waals surface area contributed by atoms with E-state index in [1.807, 2.05) is 31.2 Å². The van der Waals surface area contributed by atoms with Gasteiger partial charge in [0.2, 0.25) is 5.88 Å². The van der Waals surface area contributed by atoms with E-state index >= 15 is 0 Å². The van der Waals surface area contributed by atoms with Crippen molar-refractivity contribution in [1.82, 2.24) is 9.55 Å². The van der Waals surface area contributed by atoms with Gasteiger partial charge in [0, 0.05) is 23.0 Å². The van der Waals surface area contributed by atoms with Gasteiger partial charge in [-0.2, -0.15) is 5.26 Å². The van der Waals surface area contributed by atoms with Gasteiger partial charge in [0.05, 0.1) is 23.7 Å². The second-order valence-corrected chi connectivity index (χ2v) is 7.19. The molecule has 0 bridgehead atoms. The van der Waals surface area contributed by atoms with Gasteiger partial charge in [0.15, 0.2) is 0 Å². The molecule has 3 aromatic rings. The molecule has 0 radical (unpaired) electrons. The largest absolute Gasteiger partial charge is 0.440 e. The third-order valence-electron chi connectivity index (χ3n) is 4.92. The number of hydrogen-bond acceptors (Lipinski definition) is 5. The van der Waals surface area contributed by atoms with Crippen molar-refractivity contribution in [2.75, 3.05) is 0 Å². The number of pyridine rings is 2. The fourth-order valence-electron chi connectivity index (χ4n) is 3.56. The Hall–Kier alpha value is -3.56. The Balaban J connectivity index is 1.94. The molecule has 0 amide bonds. The lowest BCUT2D eigenvalue weighted by Crippen LogP contribution is -2.33. The summed E-state index contributed by atoms with van der Waals surface area (Å²) >= 11 is 6.17. The number of nitrogens with zero attached hydrogens (tertiary/aromatic N) is 3. The van der Waals surface area contributed by atoms with E-state index in [1.54, 1.807) is 35.0 Å². The van der Waals surface area contributed by atoms with E-state index in [1.165, 1.54) is 0 Å². The summed E-state index contributed by atoms with van der Waals surface area (Å²) in [5.74, 6) is -0.317. The highest BCUT2D eigenvalue weighted by Crippen LogP contribution is 2.40. The minimum atomic E-state index is -0.662. The van der Waals surface area contributed by atoms with E-state index in [9.17, 15) is 10.1 Å². The van der Waals surface area contributed by atoms with Crippen LogP contribution in [0.3, 0.4) is 0 Å². The second-order valence-electron chi connectivity index (χ2n) is 6.76. The molecule has 29 heavy (non-hydrogen) atoms. The quantitative estimate of drug-likeness (QED) is 0.721. The van der Waals surface area contributed by atoms with Gasteiger partial charge in [-0.3, -0.25) is 9.78 Å². The summed E-state index contributed by atoms with van der Waals surface area (Å²) in [5, 5.41) is 10.2. The lowest BCUT2D eigenvalue weighted by atomic mass is 9.84. The van der Waals surface area contributed by atoms with Gasteiger partial charge in [-0.25, -0.2) is 0 Å². The SMILES string of the molecule is Cc1cc2c(c(=O)n1Cc1ccccn1)C(c1cccc(Cl)c1)C(C#N)=C(N)O2. The fraction of sp³-hybridized carbons (Fsp3) is 0.136. The van der Waals surface area contributed by atoms with Crippen LogP contribution in [0.25, 0.3) is 0 Å². The highest BCUT2D eigenvalue weighted by Gasteiger charge is 2.34. The van der Waals surface area contributed by atoms with Crippen LogP contribution in [0.1, 0.15) is 28.4 Å². The number of hydrogen-bond donors (Lipinski definition) is 1. The molecule has 1 aliphatic heterocycles. The standard InChI is InChI=1S/C22H17ClN4O2/c1-13-9-18-20(22(28)27(13)12-16-7-2-3-8-26-16)19(17(11-24)21(25)29-18)14-5-4-6-15(23)10-14/h2-10,19H,12,25H2,1H3. The number of rotatable bonds is 3. The Labute approximate surface area is 172 Å². The number of allylic oxidation sites excluding steroid dienone is 1. The molecular formula is C22H17ClN4O2. The first kappa shape index (κ1) is 18.8. The van der Waals surface area contributed by atoms with E-state index in [-0.39, 0.29) is 17.0 Å². The molecule has 0 saturated carbocycles. The molecule has 7 heteroatoms. The molecule has 1 unspecified atom stereocenters. The first-order chi connectivity index (χ1) is 14.0. The van der Waals surface area contributed by atoms with Crippen LogP contribution in [0, 0.1) is 18.3 Å². The maximum absolute atomic E-state index is 13.5. The van der Waals surface area contributed by atoms with Crippen LogP contribution in [0.4, 0.5) is 0 Å². The molecule has 2 aromatic heterocycles. The van der Waals surface area contributed by atoms with Crippen LogP contribution in [0.5, 0.6) is 5.75 Å². The smallest absolute Gasteiger partial charge is 0.259 e. The van der Waals surface area contributed by atoms with Gasteiger partial charge < -0.3 is 15.0 Å². The lowest BCUT2D eigenvalue weighted by Gasteiger charge is -2.27. The molecule has 3 heterocycles. The van der Waals surface area contributed by atoms with Crippen LogP contribution in [0.15, 0.2) is 71.0 Å². The molecule has 1 aromatic carbocycles. The lowest BCUT2D eigenvalue weighted by molar-refractivity contribution is 0.389. The topological polar surface area (TPSA) is 93.9 Å². The Morgan fingerprint density at radius 1 is 1.28 bits per heavy atom. The van der Waals surface area contributed by atoms with Gasteiger partial charge in [0.1, 0.15) is 17.4 Å². The number of fused-ring (bicyclic) bond motifs is 1. The van der Waals surface area contributed by atoms with Crippen LogP contribution in [-0.2, 0) is 6.54 Å². The van der Waals surface area contributed by atoms with E-state index in [4.69, 9.17) is 22.1 Å². The third-order valence-corrected chi connectivity index (χ3v) is 5.15. The summed E-state index contributed by atoms with van der Waals surface area (Å²) in [6.45, 7) is 2.13. The van der Waals surface area contributed by atoms with Crippen molar-refractivity contribution in [1.29, 1.82) is 5.26 Å². The summed E-state index contributed by atoms with van der Waals surface area (Å²) < 4.78 is 7.28. The van der Waals surface area contributed by atoms with Crippen molar-refractivity contribution in [2.45, 2.75) is 19.4 Å². The zero-order valence-corrected chi connectivity index (χ0v) is 16.3. The van der Waals surface area contributed by atoms with Crippen molar-refractivity contribution in [3.63, 3.8) is 0 Å². The summed E-state index contributed by atoms with van der Waals surface area (Å²) in [6, 6.07) is 16.5. The Kier molecular flexibility index (Phi) is 4.83. The molecule has 0 spiro atoms. The molecular weight excluding hydrogens is 388 g/mol. The van der Waals surface area contributed by atoms with Crippen LogP contribution in [-0.4, -0.2) is 9.55 Å². The van der Waals surface area contributed by atoms with Gasteiger partial charge in [0.25, 0.3) is 5.56 Å². The van der Waals surface area contributed by atoms with Crippen molar-refractivity contribution < 1.29 is 4.74 Å². The molecule has 0 saturated heterocycles. The van der Waals surface area contributed by atoms with Crippen LogP contribution in [0.2, 0.25) is 5.02 Å². The fourth-order valence-corrected chi connectivity index (χ4v) is 3.75. The Morgan fingerprint density at radius 2 is 2.10 bits per heavy atom. The Morgan fingerprint density at radius 3 is 2.79 bits per heavy atom. The van der Waals surface area contributed by atoms with E-state index in [0.717, 1.165) is 5.69 Å². The van der Waals surface area contributed by atoms with Crippen LogP contribution >= 0.6 is 11.6 Å². The minimum Gasteiger partial charge on any atom is -0.440 e. The first-order valence-corrected chi connectivity index (χ1v) is 9.34. The number of benzene rings is 1. The minimum absolute atomic E-state index is 0.00810. The summed E-state index contributed by atoms with van der Waals surface area (Å²) in [4.78, 5) is 17.8. The van der Waals surface area contributed by atoms with E-state index in [2.05, 4.69) is 11.1 Å². The molecule has 1 atom stereocenters. The molecule has 0 fully saturated rings. The second kappa shape index (κ2) is 7.46. The summed E-state index contributed by atoms with van der Waals surface area (Å²) in [6.07, 6.45) is 1.68. The molecule has 0 aliphatic carbocycles. The predicted octanol–water partition coefficient (Wildman–Crippen LogP) is 3.47. The molecule has 2 N–H and O–H groups in total. The van der Waals surface area contributed by atoms with E-state index < -0.39 is 5.92 Å². The predicted molar refractivity (Wildman–Crippen MR) is 110 cm³/mol. The van der Waals surface area contributed by atoms with Gasteiger partial charge in [-0.05, 0) is 36.8 Å². The number of nitriles is 1. The van der Waals surface area contributed by atoms with Crippen molar-refractivity contribution >= 4 is 11.6 Å². The third kappa shape index (κ3) is 3.37. The van der Waals surface area contributed by atoms with Crippen LogP contribution < -0.4 is 16.0 Å². The summed E-state index contributed by atoms with van der Waals surface area (Å²) in [7, 11) is 0. The van der Waals surface area contributed by atoms with E-state index in [0.29, 0.717) is 34.1 Å². The summed E-state index contributed by atoms with van der Waals surface area (Å²) in [5.41, 5.74) is 8.47. The number of aryl methyl sites for hydroxylation is 1. The first-order valence-electron chi connectivity index (χ1n) is 8.97. The number of nitrogens with two attached hydrogens (primary N) is 1. The maximum atomic E-state index is 13.5. The van der Waals surface area contributed by atoms with Crippen molar-refractivity contribution in [3.8, 4) is 11.8 Å². The number of ether oxygens (including phenoxy) is 1. The van der Waals surface area contributed by atoms with Gasteiger partial charge in [-0.1, -0.05) is 29.8 Å². The average Bonchev–Trinajstić information content (AvgIpc) is 2.71. The highest BCUT2D eigenvalue weighted by atomic mass is 35.5. The van der Waals surface area contributed by atoms with Gasteiger partial charge in [-0.15, -0.1) is 0 Å². The normalized spacial score (nSPS) is 15.4. The highest BCUT2D eigenvalue weighted by molar-refractivity contribution is 6.30. The molecule has 144 valence electrons. The molecule has 1 aliphatic rings. The molecule has 4 rings (SSSR count). The average molecular weight is 405 g/mol. The number of halogens is 1. The van der Waals surface area contributed by atoms with Gasteiger partial charge >= 0.3 is 0 Å². The van der Waals surface area contributed by atoms with Crippen molar-refractivity contribution in [2.24, 2.45) is 5.73 Å². The van der Waals surface area contributed by atoms with Crippen molar-refractivity contribution in [3.05, 3.63) is 104 Å².